The molecule has 0 atom stereocenters. The Labute approximate surface area is 161 Å². The Kier molecular flexibility index (Phi) is 5.26. The smallest absolute Gasteiger partial charge is 0.261 e. The van der Waals surface area contributed by atoms with E-state index >= 15 is 0 Å². The zero-order chi connectivity index (χ0) is 18.6. The van der Waals surface area contributed by atoms with E-state index in [1.165, 1.54) is 11.3 Å². The molecule has 27 heavy (non-hydrogen) atoms. The third-order valence-corrected chi connectivity index (χ3v) is 5.61. The molecule has 8 heteroatoms. The van der Waals surface area contributed by atoms with Crippen molar-refractivity contribution in [3.63, 3.8) is 0 Å². The first-order valence-corrected chi connectivity index (χ1v) is 9.82. The van der Waals surface area contributed by atoms with Crippen LogP contribution in [0.4, 0.5) is 0 Å². The highest BCUT2D eigenvalue weighted by Gasteiger charge is 2.24. The lowest BCUT2D eigenvalue weighted by atomic mass is 10.1. The standard InChI is InChI=1S/C19H21N3O4S/c23-18(17-2-1-11-27-17)20-5-6-21-7-9-22(10-8-21)19(24)14-3-4-15-16(12-14)26-13-25-15/h1-4,11-12H,5-10,13H2,(H,20,23). The average Bonchev–Trinajstić information content (AvgIpc) is 3.39. The van der Waals surface area contributed by atoms with Crippen molar-refractivity contribution < 1.29 is 19.1 Å². The minimum Gasteiger partial charge on any atom is -0.454 e. The lowest BCUT2D eigenvalue weighted by Gasteiger charge is -2.34. The van der Waals surface area contributed by atoms with Crippen LogP contribution in [-0.2, 0) is 0 Å². The second-order valence-corrected chi connectivity index (χ2v) is 7.38. The largest absolute Gasteiger partial charge is 0.454 e. The minimum absolute atomic E-state index is 0.0129. The van der Waals surface area contributed by atoms with Crippen molar-refractivity contribution in [1.82, 2.24) is 15.1 Å². The van der Waals surface area contributed by atoms with Crippen LogP contribution in [0.2, 0.25) is 0 Å². The number of benzene rings is 1. The predicted molar refractivity (Wildman–Crippen MR) is 102 cm³/mol. The number of carbonyl (C=O) groups is 2. The molecule has 0 aliphatic carbocycles. The third-order valence-electron chi connectivity index (χ3n) is 4.74. The Bertz CT molecular complexity index is 816. The lowest BCUT2D eigenvalue weighted by Crippen LogP contribution is -2.50. The van der Waals surface area contributed by atoms with E-state index in [4.69, 9.17) is 9.47 Å². The van der Waals surface area contributed by atoms with Crippen LogP contribution in [0.3, 0.4) is 0 Å². The molecule has 1 saturated heterocycles. The van der Waals surface area contributed by atoms with Gasteiger partial charge in [0, 0.05) is 44.8 Å². The number of nitrogens with one attached hydrogen (secondary N) is 1. The van der Waals surface area contributed by atoms with Crippen molar-refractivity contribution in [3.8, 4) is 11.5 Å². The number of piperazine rings is 1. The maximum atomic E-state index is 12.7. The number of fused-ring (bicyclic) bond motifs is 1. The van der Waals surface area contributed by atoms with E-state index in [9.17, 15) is 9.59 Å². The van der Waals surface area contributed by atoms with Crippen LogP contribution in [0.5, 0.6) is 11.5 Å². The summed E-state index contributed by atoms with van der Waals surface area (Å²) in [5.41, 5.74) is 0.621. The highest BCUT2D eigenvalue weighted by molar-refractivity contribution is 7.12. The van der Waals surface area contributed by atoms with Crippen LogP contribution in [-0.4, -0.2) is 67.7 Å². The molecule has 0 saturated carbocycles. The third kappa shape index (κ3) is 4.06. The van der Waals surface area contributed by atoms with E-state index in [-0.39, 0.29) is 18.6 Å². The fourth-order valence-electron chi connectivity index (χ4n) is 3.21. The maximum Gasteiger partial charge on any atom is 0.261 e. The SMILES string of the molecule is O=C(NCCN1CCN(C(=O)c2ccc3c(c2)OCO3)CC1)c1cccs1. The average molecular weight is 387 g/mol. The van der Waals surface area contributed by atoms with Crippen molar-refractivity contribution in [2.45, 2.75) is 0 Å². The molecule has 2 amide bonds. The topological polar surface area (TPSA) is 71.1 Å². The van der Waals surface area contributed by atoms with Gasteiger partial charge in [-0.25, -0.2) is 0 Å². The molecule has 1 aromatic heterocycles. The van der Waals surface area contributed by atoms with Crippen LogP contribution in [0.1, 0.15) is 20.0 Å². The Balaban J connectivity index is 1.23. The number of hydrogen-bond donors (Lipinski definition) is 1. The van der Waals surface area contributed by atoms with Crippen LogP contribution in [0, 0.1) is 0 Å². The van der Waals surface area contributed by atoms with Gasteiger partial charge in [-0.05, 0) is 29.6 Å². The van der Waals surface area contributed by atoms with E-state index < -0.39 is 0 Å². The van der Waals surface area contributed by atoms with Gasteiger partial charge in [0.05, 0.1) is 4.88 Å². The van der Waals surface area contributed by atoms with E-state index in [1.807, 2.05) is 22.4 Å². The summed E-state index contributed by atoms with van der Waals surface area (Å²) in [5.74, 6) is 1.29. The molecule has 0 unspecified atom stereocenters. The van der Waals surface area contributed by atoms with Crippen molar-refractivity contribution in [3.05, 3.63) is 46.2 Å². The Morgan fingerprint density at radius 2 is 1.89 bits per heavy atom. The molecule has 7 nitrogen and oxygen atoms in total. The van der Waals surface area contributed by atoms with Gasteiger partial charge in [0.15, 0.2) is 11.5 Å². The normalized spacial score (nSPS) is 16.4. The molecule has 2 aliphatic heterocycles. The monoisotopic (exact) mass is 387 g/mol. The van der Waals surface area contributed by atoms with Gasteiger partial charge in [-0.15, -0.1) is 11.3 Å². The van der Waals surface area contributed by atoms with Crippen molar-refractivity contribution in [2.75, 3.05) is 46.1 Å². The number of carbonyl (C=O) groups excluding carboxylic acids is 2. The molecule has 142 valence electrons. The summed E-state index contributed by atoms with van der Waals surface area (Å²) in [6, 6.07) is 9.00. The highest BCUT2D eigenvalue weighted by Crippen LogP contribution is 2.32. The Morgan fingerprint density at radius 1 is 1.07 bits per heavy atom. The molecule has 1 N–H and O–H groups in total. The van der Waals surface area contributed by atoms with Gasteiger partial charge in [-0.2, -0.15) is 0 Å². The molecule has 0 bridgehead atoms. The summed E-state index contributed by atoms with van der Waals surface area (Å²) in [6.45, 7) is 4.53. The number of hydrogen-bond acceptors (Lipinski definition) is 6. The predicted octanol–water partition coefficient (Wildman–Crippen LogP) is 1.66. The molecular formula is C19H21N3O4S. The fraction of sp³-hybridized carbons (Fsp3) is 0.368. The number of amides is 2. The number of nitrogens with zero attached hydrogens (tertiary/aromatic N) is 2. The number of ether oxygens (including phenoxy) is 2. The number of rotatable bonds is 5. The molecule has 0 spiro atoms. The van der Waals surface area contributed by atoms with Gasteiger partial charge >= 0.3 is 0 Å². The molecule has 4 rings (SSSR count). The fourth-order valence-corrected chi connectivity index (χ4v) is 3.85. The molecule has 1 aromatic carbocycles. The minimum atomic E-state index is -0.0263. The summed E-state index contributed by atoms with van der Waals surface area (Å²) < 4.78 is 10.6. The zero-order valence-corrected chi connectivity index (χ0v) is 15.7. The first-order chi connectivity index (χ1) is 13.2. The van der Waals surface area contributed by atoms with E-state index in [0.29, 0.717) is 36.7 Å². The van der Waals surface area contributed by atoms with Crippen LogP contribution < -0.4 is 14.8 Å². The van der Waals surface area contributed by atoms with Gasteiger partial charge in [0.1, 0.15) is 0 Å². The van der Waals surface area contributed by atoms with Gasteiger partial charge in [-0.1, -0.05) is 6.07 Å². The lowest BCUT2D eigenvalue weighted by molar-refractivity contribution is 0.0637. The van der Waals surface area contributed by atoms with Crippen molar-refractivity contribution >= 4 is 23.2 Å². The van der Waals surface area contributed by atoms with Gasteiger partial charge in [-0.3, -0.25) is 14.5 Å². The van der Waals surface area contributed by atoms with Gasteiger partial charge in [0.2, 0.25) is 6.79 Å². The molecule has 2 aromatic rings. The van der Waals surface area contributed by atoms with Gasteiger partial charge < -0.3 is 19.7 Å². The second-order valence-electron chi connectivity index (χ2n) is 6.44. The van der Waals surface area contributed by atoms with Crippen molar-refractivity contribution in [2.24, 2.45) is 0 Å². The van der Waals surface area contributed by atoms with Crippen LogP contribution in [0.25, 0.3) is 0 Å². The van der Waals surface area contributed by atoms with Gasteiger partial charge in [0.25, 0.3) is 11.8 Å². The van der Waals surface area contributed by atoms with Crippen LogP contribution in [0.15, 0.2) is 35.7 Å². The van der Waals surface area contributed by atoms with Crippen LogP contribution >= 0.6 is 11.3 Å². The maximum absolute atomic E-state index is 12.7. The van der Waals surface area contributed by atoms with E-state index in [0.717, 1.165) is 24.5 Å². The summed E-state index contributed by atoms with van der Waals surface area (Å²) in [7, 11) is 0. The second kappa shape index (κ2) is 7.98. The summed E-state index contributed by atoms with van der Waals surface area (Å²) in [6.07, 6.45) is 0. The molecule has 3 heterocycles. The van der Waals surface area contributed by atoms with Crippen molar-refractivity contribution in [1.29, 1.82) is 0 Å². The summed E-state index contributed by atoms with van der Waals surface area (Å²) >= 11 is 1.44. The number of thiophene rings is 1. The Morgan fingerprint density at radius 3 is 2.67 bits per heavy atom. The first-order valence-electron chi connectivity index (χ1n) is 8.94. The molecule has 0 radical (unpaired) electrons. The zero-order valence-electron chi connectivity index (χ0n) is 14.8. The molecule has 2 aliphatic rings. The molecular weight excluding hydrogens is 366 g/mol. The quantitative estimate of drug-likeness (QED) is 0.845. The first kappa shape index (κ1) is 17.8. The summed E-state index contributed by atoms with van der Waals surface area (Å²) in [4.78, 5) is 29.5. The Hall–Kier alpha value is -2.58. The molecule has 1 fully saturated rings. The van der Waals surface area contributed by atoms with E-state index in [1.54, 1.807) is 18.2 Å². The highest BCUT2D eigenvalue weighted by atomic mass is 32.1. The summed E-state index contributed by atoms with van der Waals surface area (Å²) in [5, 5.41) is 4.83. The van der Waals surface area contributed by atoms with E-state index in [2.05, 4.69) is 10.2 Å².